The summed E-state index contributed by atoms with van der Waals surface area (Å²) in [5.74, 6) is -3.03. The number of halogens is 5. The smallest absolute Gasteiger partial charge is 0.475 e. The Bertz CT molecular complexity index is 2010. The van der Waals surface area contributed by atoms with Crippen molar-refractivity contribution in [1.82, 2.24) is 14.7 Å². The van der Waals surface area contributed by atoms with Gasteiger partial charge in [-0.15, -0.1) is 0 Å². The summed E-state index contributed by atoms with van der Waals surface area (Å²) >= 11 is 12.5. The lowest BCUT2D eigenvalue weighted by Gasteiger charge is -2.31. The third-order valence-corrected chi connectivity index (χ3v) is 9.72. The first-order valence-electron chi connectivity index (χ1n) is 16.3. The van der Waals surface area contributed by atoms with E-state index >= 15 is 0 Å². The number of carbonyl (C=O) groups is 3. The molecule has 2 fully saturated rings. The molecule has 3 N–H and O–H groups in total. The van der Waals surface area contributed by atoms with Crippen LogP contribution in [0.15, 0.2) is 91.0 Å². The number of likely N-dealkylation sites (tertiary alicyclic amines) is 1. The van der Waals surface area contributed by atoms with Crippen LogP contribution < -0.4 is 5.73 Å². The summed E-state index contributed by atoms with van der Waals surface area (Å²) in [7, 11) is 0. The molecule has 0 atom stereocenters. The van der Waals surface area contributed by atoms with Gasteiger partial charge in [0, 0.05) is 51.5 Å². The summed E-state index contributed by atoms with van der Waals surface area (Å²) in [6.07, 6.45) is -1.11. The van der Waals surface area contributed by atoms with E-state index in [2.05, 4.69) is 47.1 Å². The molecule has 8 nitrogen and oxygen atoms in total. The normalized spacial score (nSPS) is 15.1. The Morgan fingerprint density at radius 3 is 1.73 bits per heavy atom. The second-order valence-corrected chi connectivity index (χ2v) is 13.6. The van der Waals surface area contributed by atoms with Crippen LogP contribution in [0.3, 0.4) is 0 Å². The number of aromatic nitrogens is 2. The number of benzene rings is 4. The first kappa shape index (κ1) is 35.9. The molecular formula is C38H33Cl2F3N4O4. The molecule has 0 radical (unpaired) electrons. The number of carboxylic acids is 1. The second-order valence-electron chi connectivity index (χ2n) is 12.7. The Balaban J connectivity index is 0.000000582. The monoisotopic (exact) mass is 736 g/mol. The predicted octanol–water partition coefficient (Wildman–Crippen LogP) is 8.61. The van der Waals surface area contributed by atoms with E-state index in [9.17, 15) is 22.8 Å². The maximum Gasteiger partial charge on any atom is 0.490 e. The molecule has 1 aliphatic heterocycles. The Hall–Kier alpha value is -4.87. The zero-order valence-corrected chi connectivity index (χ0v) is 28.6. The maximum atomic E-state index is 13.2. The fraction of sp³-hybridized carbons (Fsp3) is 0.263. The van der Waals surface area contributed by atoms with E-state index in [0.717, 1.165) is 42.5 Å². The third kappa shape index (κ3) is 8.21. The number of nitrogens with two attached hydrogens (primary N) is 1. The summed E-state index contributed by atoms with van der Waals surface area (Å²) in [6, 6.07) is 29.9. The van der Waals surface area contributed by atoms with Crippen LogP contribution in [0.2, 0.25) is 10.0 Å². The van der Waals surface area contributed by atoms with Gasteiger partial charge in [0.15, 0.2) is 0 Å². The van der Waals surface area contributed by atoms with Gasteiger partial charge in [-0.3, -0.25) is 14.3 Å². The molecule has 0 unspecified atom stereocenters. The first-order valence-corrected chi connectivity index (χ1v) is 17.1. The van der Waals surface area contributed by atoms with E-state index in [4.69, 9.17) is 43.9 Å². The Morgan fingerprint density at radius 2 is 1.25 bits per heavy atom. The van der Waals surface area contributed by atoms with E-state index in [-0.39, 0.29) is 17.7 Å². The summed E-state index contributed by atoms with van der Waals surface area (Å²) in [5, 5.41) is 15.0. The molecule has 1 aromatic heterocycles. The van der Waals surface area contributed by atoms with E-state index in [1.54, 1.807) is 24.3 Å². The van der Waals surface area contributed by atoms with Crippen molar-refractivity contribution in [3.63, 3.8) is 0 Å². The van der Waals surface area contributed by atoms with E-state index in [1.807, 2.05) is 29.2 Å². The number of carboxylic acid groups (broad SMARTS) is 1. The minimum Gasteiger partial charge on any atom is -0.475 e. The second kappa shape index (κ2) is 14.8. The van der Waals surface area contributed by atoms with Gasteiger partial charge >= 0.3 is 12.1 Å². The fourth-order valence-corrected chi connectivity index (χ4v) is 6.72. The number of alkyl halides is 3. The molecule has 2 amide bonds. The Morgan fingerprint density at radius 1 is 0.765 bits per heavy atom. The molecule has 264 valence electrons. The van der Waals surface area contributed by atoms with Crippen LogP contribution in [0.1, 0.15) is 86.7 Å². The van der Waals surface area contributed by atoms with Crippen molar-refractivity contribution >= 4 is 51.9 Å². The molecule has 1 saturated heterocycles. The summed E-state index contributed by atoms with van der Waals surface area (Å²) < 4.78 is 34.0. The van der Waals surface area contributed by atoms with Gasteiger partial charge in [0.2, 0.25) is 5.91 Å². The lowest BCUT2D eigenvalue weighted by molar-refractivity contribution is -0.192. The number of nitrogens with zero attached hydrogens (tertiary/aromatic N) is 3. The Labute approximate surface area is 301 Å². The maximum absolute atomic E-state index is 13.2. The molecule has 2 aliphatic rings. The number of carbonyl (C=O) groups excluding carboxylic acids is 2. The number of hydrogen-bond donors (Lipinski definition) is 2. The molecule has 13 heteroatoms. The number of rotatable bonds is 7. The van der Waals surface area contributed by atoms with Gasteiger partial charge in [0.25, 0.3) is 5.91 Å². The van der Waals surface area contributed by atoms with Crippen LogP contribution in [0.5, 0.6) is 0 Å². The molecule has 1 aliphatic carbocycles. The van der Waals surface area contributed by atoms with Gasteiger partial charge in [-0.1, -0.05) is 53.5 Å². The molecular weight excluding hydrogens is 704 g/mol. The van der Waals surface area contributed by atoms with Gasteiger partial charge in [0.1, 0.15) is 0 Å². The van der Waals surface area contributed by atoms with Crippen molar-refractivity contribution in [3.05, 3.63) is 135 Å². The van der Waals surface area contributed by atoms with Gasteiger partial charge < -0.3 is 15.7 Å². The number of primary amides is 1. The van der Waals surface area contributed by atoms with Crippen molar-refractivity contribution < 1.29 is 32.7 Å². The van der Waals surface area contributed by atoms with Crippen LogP contribution in [0.25, 0.3) is 10.9 Å². The highest BCUT2D eigenvalue weighted by Gasteiger charge is 2.38. The summed E-state index contributed by atoms with van der Waals surface area (Å²) in [4.78, 5) is 35.5. The minimum absolute atomic E-state index is 0.00600. The molecule has 5 aromatic rings. The molecule has 0 bridgehead atoms. The summed E-state index contributed by atoms with van der Waals surface area (Å²) in [5.41, 5.74) is 12.1. The first-order chi connectivity index (χ1) is 24.3. The average Bonchev–Trinajstić information content (AvgIpc) is 3.90. The molecule has 4 aromatic carbocycles. The highest BCUT2D eigenvalue weighted by atomic mass is 35.5. The highest BCUT2D eigenvalue weighted by molar-refractivity contribution is 6.30. The fourth-order valence-electron chi connectivity index (χ4n) is 6.46. The number of aliphatic carboxylic acids is 1. The zero-order valence-electron chi connectivity index (χ0n) is 27.1. The van der Waals surface area contributed by atoms with Crippen LogP contribution in [-0.4, -0.2) is 56.8 Å². The topological polar surface area (TPSA) is 119 Å². The summed E-state index contributed by atoms with van der Waals surface area (Å²) in [6.45, 7) is 1.30. The van der Waals surface area contributed by atoms with E-state index < -0.39 is 18.1 Å². The van der Waals surface area contributed by atoms with Gasteiger partial charge in [-0.05, 0) is 103 Å². The number of piperidine rings is 1. The van der Waals surface area contributed by atoms with Crippen molar-refractivity contribution in [2.24, 2.45) is 5.73 Å². The van der Waals surface area contributed by atoms with Crippen LogP contribution >= 0.6 is 23.2 Å². The van der Waals surface area contributed by atoms with E-state index in [1.165, 1.54) is 16.5 Å². The van der Waals surface area contributed by atoms with E-state index in [0.29, 0.717) is 40.3 Å². The number of amides is 2. The quantitative estimate of drug-likeness (QED) is 0.162. The zero-order chi connectivity index (χ0) is 36.4. The van der Waals surface area contributed by atoms with Crippen LogP contribution in [0, 0.1) is 0 Å². The molecule has 1 saturated carbocycles. The molecule has 7 rings (SSSR count). The minimum atomic E-state index is -5.08. The highest BCUT2D eigenvalue weighted by Crippen LogP contribution is 2.42. The SMILES string of the molecule is NC(=O)c1ccc(C(=O)N2CCC(c3nn(C4CC4)c4ccc(C(c5ccc(Cl)cc5)c5ccc(Cl)cc5)cc34)CC2)cc1.O=C(O)C(F)(F)F. The van der Waals surface area contributed by atoms with Crippen molar-refractivity contribution in [2.75, 3.05) is 13.1 Å². The Kier molecular flexibility index (Phi) is 10.4. The van der Waals surface area contributed by atoms with Crippen LogP contribution in [-0.2, 0) is 4.79 Å². The largest absolute Gasteiger partial charge is 0.490 e. The van der Waals surface area contributed by atoms with Crippen molar-refractivity contribution in [1.29, 1.82) is 0 Å². The van der Waals surface area contributed by atoms with Gasteiger partial charge in [-0.25, -0.2) is 4.79 Å². The average molecular weight is 738 g/mol. The van der Waals surface area contributed by atoms with Gasteiger partial charge in [0.05, 0.1) is 17.3 Å². The molecule has 2 heterocycles. The molecule has 0 spiro atoms. The number of hydrogen-bond acceptors (Lipinski definition) is 4. The lowest BCUT2D eigenvalue weighted by atomic mass is 9.84. The van der Waals surface area contributed by atoms with Crippen molar-refractivity contribution in [2.45, 2.75) is 49.7 Å². The van der Waals surface area contributed by atoms with Crippen LogP contribution in [0.4, 0.5) is 13.2 Å². The number of fused-ring (bicyclic) bond motifs is 1. The van der Waals surface area contributed by atoms with Gasteiger partial charge in [-0.2, -0.15) is 18.3 Å². The molecule has 51 heavy (non-hydrogen) atoms. The standard InChI is InChI=1S/C36H32Cl2N4O2.C2HF3O2/c37-28-10-5-22(6-11-28)33(23-7-12-29(38)13-8-23)27-9-16-32-31(21-27)34(40-42(32)30-14-15-30)24-17-19-41(20-18-24)36(44)26-3-1-25(2-4-26)35(39)43;3-2(4,5)1(6)7/h1-13,16,21,24,30,33H,14-15,17-20H2,(H2,39,43);(H,6,7). The lowest BCUT2D eigenvalue weighted by Crippen LogP contribution is -2.38. The van der Waals surface area contributed by atoms with Crippen molar-refractivity contribution in [3.8, 4) is 0 Å². The third-order valence-electron chi connectivity index (χ3n) is 9.22. The predicted molar refractivity (Wildman–Crippen MR) is 188 cm³/mol.